The lowest BCUT2D eigenvalue weighted by molar-refractivity contribution is 0.0220. The van der Waals surface area contributed by atoms with E-state index in [2.05, 4.69) is 10.2 Å². The fourth-order valence-corrected chi connectivity index (χ4v) is 1.77. The highest BCUT2D eigenvalue weighted by molar-refractivity contribution is 5.63. The Morgan fingerprint density at radius 3 is 2.67 bits per heavy atom. The summed E-state index contributed by atoms with van der Waals surface area (Å²) in [4.78, 5) is 0. The van der Waals surface area contributed by atoms with Crippen molar-refractivity contribution in [3.8, 4) is 17.3 Å². The zero-order valence-electron chi connectivity index (χ0n) is 9.61. The minimum absolute atomic E-state index is 0.124. The standard InChI is InChI=1S/C13H13N3O2/c14-7-6-11(17)13(18)10-8-15-16-12(10)9-4-2-1-3-5-9/h1-5,8,11,13,17-18H,6H2,(H,15,16). The Balaban J connectivity index is 2.31. The largest absolute Gasteiger partial charge is 0.389 e. The molecule has 5 nitrogen and oxygen atoms in total. The molecule has 1 aromatic carbocycles. The molecule has 0 amide bonds. The van der Waals surface area contributed by atoms with E-state index in [0.717, 1.165) is 5.56 Å². The fourth-order valence-electron chi connectivity index (χ4n) is 1.77. The van der Waals surface area contributed by atoms with E-state index in [1.807, 2.05) is 36.4 Å². The molecule has 2 unspecified atom stereocenters. The molecule has 0 saturated carbocycles. The molecule has 0 aliphatic carbocycles. The first kappa shape index (κ1) is 12.3. The van der Waals surface area contributed by atoms with Crippen LogP contribution in [-0.4, -0.2) is 26.5 Å². The minimum Gasteiger partial charge on any atom is -0.389 e. The number of nitriles is 1. The SMILES string of the molecule is N#CCC(O)C(O)c1cn[nH]c1-c1ccccc1. The van der Waals surface area contributed by atoms with Crippen LogP contribution in [0.25, 0.3) is 11.3 Å². The molecule has 2 aromatic rings. The molecule has 18 heavy (non-hydrogen) atoms. The van der Waals surface area contributed by atoms with E-state index in [4.69, 9.17) is 5.26 Å². The molecular weight excluding hydrogens is 230 g/mol. The molecule has 1 heterocycles. The van der Waals surface area contributed by atoms with Crippen molar-refractivity contribution in [3.63, 3.8) is 0 Å². The molecule has 0 fully saturated rings. The topological polar surface area (TPSA) is 92.9 Å². The minimum atomic E-state index is -1.13. The van der Waals surface area contributed by atoms with Crippen LogP contribution in [-0.2, 0) is 0 Å². The van der Waals surface area contributed by atoms with Gasteiger partial charge in [-0.05, 0) is 5.56 Å². The Bertz CT molecular complexity index is 545. The van der Waals surface area contributed by atoms with Crippen LogP contribution in [0.2, 0.25) is 0 Å². The molecule has 2 atom stereocenters. The number of aliphatic hydroxyl groups excluding tert-OH is 2. The van der Waals surface area contributed by atoms with E-state index >= 15 is 0 Å². The Morgan fingerprint density at radius 2 is 2.00 bits per heavy atom. The summed E-state index contributed by atoms with van der Waals surface area (Å²) < 4.78 is 0. The number of aromatic amines is 1. The molecule has 0 aliphatic heterocycles. The Morgan fingerprint density at radius 1 is 1.28 bits per heavy atom. The molecule has 0 spiro atoms. The second kappa shape index (κ2) is 5.45. The van der Waals surface area contributed by atoms with Crippen LogP contribution in [0.4, 0.5) is 0 Å². The van der Waals surface area contributed by atoms with Crippen LogP contribution in [0.5, 0.6) is 0 Å². The van der Waals surface area contributed by atoms with E-state index in [-0.39, 0.29) is 6.42 Å². The predicted molar refractivity (Wildman–Crippen MR) is 65.2 cm³/mol. The fraction of sp³-hybridized carbons (Fsp3) is 0.231. The monoisotopic (exact) mass is 243 g/mol. The van der Waals surface area contributed by atoms with E-state index < -0.39 is 12.2 Å². The third-order valence-electron chi connectivity index (χ3n) is 2.71. The lowest BCUT2D eigenvalue weighted by atomic mass is 9.99. The Hall–Kier alpha value is -2.16. The summed E-state index contributed by atoms with van der Waals surface area (Å²) in [6.07, 6.45) is -0.901. The van der Waals surface area contributed by atoms with Gasteiger partial charge in [-0.15, -0.1) is 0 Å². The zero-order valence-corrected chi connectivity index (χ0v) is 9.61. The second-order valence-electron chi connectivity index (χ2n) is 3.94. The van der Waals surface area contributed by atoms with Crippen molar-refractivity contribution in [1.29, 1.82) is 5.26 Å². The maximum atomic E-state index is 9.99. The van der Waals surface area contributed by atoms with Crippen LogP contribution in [0, 0.1) is 11.3 Å². The summed E-state index contributed by atoms with van der Waals surface area (Å²) in [7, 11) is 0. The first-order valence-corrected chi connectivity index (χ1v) is 5.55. The number of benzene rings is 1. The molecule has 3 N–H and O–H groups in total. The van der Waals surface area contributed by atoms with Crippen LogP contribution in [0.15, 0.2) is 36.5 Å². The van der Waals surface area contributed by atoms with Crippen molar-refractivity contribution in [2.24, 2.45) is 0 Å². The van der Waals surface area contributed by atoms with Gasteiger partial charge in [0.25, 0.3) is 0 Å². The molecule has 2 rings (SSSR count). The molecule has 92 valence electrons. The predicted octanol–water partition coefficient (Wildman–Crippen LogP) is 1.38. The van der Waals surface area contributed by atoms with Crippen LogP contribution in [0.3, 0.4) is 0 Å². The summed E-state index contributed by atoms with van der Waals surface area (Å²) >= 11 is 0. The van der Waals surface area contributed by atoms with Gasteiger partial charge in [0.05, 0.1) is 30.5 Å². The van der Waals surface area contributed by atoms with Crippen LogP contribution >= 0.6 is 0 Å². The lowest BCUT2D eigenvalue weighted by Gasteiger charge is -2.15. The van der Waals surface area contributed by atoms with Crippen molar-refractivity contribution in [2.45, 2.75) is 18.6 Å². The lowest BCUT2D eigenvalue weighted by Crippen LogP contribution is -2.17. The van der Waals surface area contributed by atoms with E-state index in [1.165, 1.54) is 6.20 Å². The normalized spacial score (nSPS) is 13.8. The number of hydrogen-bond acceptors (Lipinski definition) is 4. The average Bonchev–Trinajstić information content (AvgIpc) is 2.88. The molecular formula is C13H13N3O2. The van der Waals surface area contributed by atoms with Crippen molar-refractivity contribution in [3.05, 3.63) is 42.1 Å². The summed E-state index contributed by atoms with van der Waals surface area (Å²) in [6.45, 7) is 0. The van der Waals surface area contributed by atoms with Crippen molar-refractivity contribution >= 4 is 0 Å². The van der Waals surface area contributed by atoms with E-state index in [1.54, 1.807) is 0 Å². The Kier molecular flexibility index (Phi) is 3.72. The molecule has 5 heteroatoms. The molecule has 0 aliphatic rings. The first-order chi connectivity index (χ1) is 8.74. The number of aromatic nitrogens is 2. The second-order valence-corrected chi connectivity index (χ2v) is 3.94. The van der Waals surface area contributed by atoms with E-state index in [0.29, 0.717) is 11.3 Å². The summed E-state index contributed by atoms with van der Waals surface area (Å²) in [5.74, 6) is 0. The van der Waals surface area contributed by atoms with Crippen molar-refractivity contribution < 1.29 is 10.2 Å². The van der Waals surface area contributed by atoms with Gasteiger partial charge in [0.1, 0.15) is 6.10 Å². The third-order valence-corrected chi connectivity index (χ3v) is 2.71. The van der Waals surface area contributed by atoms with Gasteiger partial charge in [-0.3, -0.25) is 5.10 Å². The van der Waals surface area contributed by atoms with Gasteiger partial charge in [-0.2, -0.15) is 10.4 Å². The van der Waals surface area contributed by atoms with Gasteiger partial charge in [0.2, 0.25) is 0 Å². The molecule has 0 saturated heterocycles. The smallest absolute Gasteiger partial charge is 0.109 e. The van der Waals surface area contributed by atoms with Gasteiger partial charge in [0, 0.05) is 5.56 Å². The number of nitrogens with zero attached hydrogens (tertiary/aromatic N) is 2. The van der Waals surface area contributed by atoms with Gasteiger partial charge < -0.3 is 10.2 Å². The Labute approximate surface area is 104 Å². The maximum Gasteiger partial charge on any atom is 0.109 e. The van der Waals surface area contributed by atoms with Crippen LogP contribution in [0.1, 0.15) is 18.1 Å². The quantitative estimate of drug-likeness (QED) is 0.756. The molecule has 0 bridgehead atoms. The van der Waals surface area contributed by atoms with Gasteiger partial charge in [-0.1, -0.05) is 30.3 Å². The molecule has 0 radical (unpaired) electrons. The van der Waals surface area contributed by atoms with Crippen molar-refractivity contribution in [2.75, 3.05) is 0 Å². The highest BCUT2D eigenvalue weighted by atomic mass is 16.3. The highest BCUT2D eigenvalue weighted by Crippen LogP contribution is 2.28. The number of hydrogen-bond donors (Lipinski definition) is 3. The number of nitrogens with one attached hydrogen (secondary N) is 1. The summed E-state index contributed by atoms with van der Waals surface area (Å²) in [5.41, 5.74) is 2.01. The summed E-state index contributed by atoms with van der Waals surface area (Å²) in [6, 6.07) is 11.2. The molecule has 1 aromatic heterocycles. The maximum absolute atomic E-state index is 9.99. The number of H-pyrrole nitrogens is 1. The third kappa shape index (κ3) is 2.40. The van der Waals surface area contributed by atoms with E-state index in [9.17, 15) is 10.2 Å². The van der Waals surface area contributed by atoms with Gasteiger partial charge in [-0.25, -0.2) is 0 Å². The average molecular weight is 243 g/mol. The highest BCUT2D eigenvalue weighted by Gasteiger charge is 2.22. The summed E-state index contributed by atoms with van der Waals surface area (Å²) in [5, 5.41) is 34.8. The van der Waals surface area contributed by atoms with Crippen LogP contribution < -0.4 is 0 Å². The van der Waals surface area contributed by atoms with Gasteiger partial charge >= 0.3 is 0 Å². The first-order valence-electron chi connectivity index (χ1n) is 5.55. The number of aliphatic hydroxyl groups is 2. The van der Waals surface area contributed by atoms with Crippen molar-refractivity contribution in [1.82, 2.24) is 10.2 Å². The zero-order chi connectivity index (χ0) is 13.0. The van der Waals surface area contributed by atoms with Gasteiger partial charge in [0.15, 0.2) is 0 Å². The number of rotatable bonds is 4.